The standard InChI is InChI=1S/C19H23NO5S2/c1-11(21)16-14-10-15(17(19(23)24)20(14)18(16)22)26-8-9-27(3)13-6-4-12(25-2)5-7-13/h4-7,11,14,16,21H,8-10H2,1-3H3/t11-,14?,16?,27?/m1/s1. The van der Waals surface area contributed by atoms with Gasteiger partial charge in [-0.05, 0) is 31.2 Å². The first-order valence-corrected chi connectivity index (χ1v) is 11.5. The highest BCUT2D eigenvalue weighted by molar-refractivity contribution is 8.04. The first-order valence-electron chi connectivity index (χ1n) is 8.70. The zero-order valence-electron chi connectivity index (χ0n) is 15.5. The summed E-state index contributed by atoms with van der Waals surface area (Å²) in [7, 11) is 1.67. The fourth-order valence-electron chi connectivity index (χ4n) is 3.57. The molecule has 146 valence electrons. The molecule has 1 aromatic carbocycles. The Morgan fingerprint density at radius 3 is 2.67 bits per heavy atom. The maximum atomic E-state index is 12.2. The van der Waals surface area contributed by atoms with Crippen molar-refractivity contribution in [2.75, 3.05) is 24.9 Å². The number of carbonyl (C=O) groups is 2. The minimum absolute atomic E-state index is 0.00710. The molecule has 1 aromatic rings. The lowest BCUT2D eigenvalue weighted by molar-refractivity contribution is -0.301. The monoisotopic (exact) mass is 409 g/mol. The van der Waals surface area contributed by atoms with Crippen LogP contribution in [0.4, 0.5) is 0 Å². The molecule has 27 heavy (non-hydrogen) atoms. The van der Waals surface area contributed by atoms with Crippen LogP contribution in [-0.4, -0.2) is 58.9 Å². The third kappa shape index (κ3) is 3.83. The molecule has 0 bridgehead atoms. The number of β-lactam (4-membered cyclic amide) rings is 1. The maximum Gasteiger partial charge on any atom is 0.235 e. The molecule has 0 aromatic heterocycles. The average Bonchev–Trinajstić information content (AvgIpc) is 2.95. The van der Waals surface area contributed by atoms with Crippen LogP contribution in [0.3, 0.4) is 0 Å². The number of carboxylic acid groups (broad SMARTS) is 1. The van der Waals surface area contributed by atoms with Crippen molar-refractivity contribution in [2.24, 2.45) is 5.92 Å². The molecule has 6 nitrogen and oxygen atoms in total. The van der Waals surface area contributed by atoms with Crippen molar-refractivity contribution in [1.29, 1.82) is 0 Å². The van der Waals surface area contributed by atoms with Crippen LogP contribution in [0.15, 0.2) is 39.8 Å². The van der Waals surface area contributed by atoms with Crippen LogP contribution >= 0.6 is 11.8 Å². The average molecular weight is 410 g/mol. The van der Waals surface area contributed by atoms with Gasteiger partial charge in [-0.2, -0.15) is 0 Å². The number of fused-ring (bicyclic) bond motifs is 1. The fourth-order valence-corrected chi connectivity index (χ4v) is 6.59. The smallest absolute Gasteiger partial charge is 0.235 e. The van der Waals surface area contributed by atoms with Gasteiger partial charge in [-0.15, -0.1) is 11.8 Å². The highest BCUT2D eigenvalue weighted by Crippen LogP contribution is 2.46. The van der Waals surface area contributed by atoms with Crippen molar-refractivity contribution in [3.05, 3.63) is 34.9 Å². The number of methoxy groups -OCH3 is 1. The number of ether oxygens (including phenoxy) is 1. The van der Waals surface area contributed by atoms with Gasteiger partial charge in [0.1, 0.15) is 17.8 Å². The summed E-state index contributed by atoms with van der Waals surface area (Å²) in [6.45, 7) is 1.57. The van der Waals surface area contributed by atoms with Gasteiger partial charge in [0.25, 0.3) is 0 Å². The summed E-state index contributed by atoms with van der Waals surface area (Å²) in [4.78, 5) is 26.9. The summed E-state index contributed by atoms with van der Waals surface area (Å²) in [5.74, 6) is 0.325. The van der Waals surface area contributed by atoms with E-state index in [0.717, 1.165) is 17.3 Å². The Kier molecular flexibility index (Phi) is 6.08. The van der Waals surface area contributed by atoms with Crippen molar-refractivity contribution in [3.63, 3.8) is 0 Å². The normalized spacial score (nSPS) is 23.7. The molecule has 1 fully saturated rings. The Balaban J connectivity index is 1.61. The number of thioether (sulfide) groups is 1. The minimum atomic E-state index is -1.32. The Hall–Kier alpha value is -1.64. The summed E-state index contributed by atoms with van der Waals surface area (Å²) in [5, 5.41) is 21.3. The minimum Gasteiger partial charge on any atom is -0.543 e. The molecule has 1 amide bonds. The quantitative estimate of drug-likeness (QED) is 0.500. The Morgan fingerprint density at radius 2 is 2.11 bits per heavy atom. The van der Waals surface area contributed by atoms with Crippen LogP contribution in [0.1, 0.15) is 13.3 Å². The van der Waals surface area contributed by atoms with Gasteiger partial charge in [0.05, 0.1) is 36.8 Å². The predicted octanol–water partition coefficient (Wildman–Crippen LogP) is 0.608. The van der Waals surface area contributed by atoms with Gasteiger partial charge >= 0.3 is 0 Å². The second kappa shape index (κ2) is 8.16. The van der Waals surface area contributed by atoms with Gasteiger partial charge in [0.2, 0.25) is 5.91 Å². The van der Waals surface area contributed by atoms with Gasteiger partial charge in [0.15, 0.2) is 4.90 Å². The highest BCUT2D eigenvalue weighted by atomic mass is 32.2. The van der Waals surface area contributed by atoms with Crippen LogP contribution in [0.2, 0.25) is 0 Å². The van der Waals surface area contributed by atoms with E-state index in [1.165, 1.54) is 21.6 Å². The number of benzene rings is 1. The van der Waals surface area contributed by atoms with E-state index in [0.29, 0.717) is 11.3 Å². The van der Waals surface area contributed by atoms with Gasteiger partial charge in [0, 0.05) is 28.0 Å². The van der Waals surface area contributed by atoms with Gasteiger partial charge in [-0.25, -0.2) is 0 Å². The van der Waals surface area contributed by atoms with Gasteiger partial charge in [-0.3, -0.25) is 4.79 Å². The largest absolute Gasteiger partial charge is 0.543 e. The number of hydrogen-bond donors (Lipinski definition) is 1. The van der Waals surface area contributed by atoms with Crippen molar-refractivity contribution < 1.29 is 24.5 Å². The summed E-state index contributed by atoms with van der Waals surface area (Å²) in [6.07, 6.45) is 1.86. The van der Waals surface area contributed by atoms with Crippen LogP contribution in [0, 0.1) is 5.92 Å². The van der Waals surface area contributed by atoms with E-state index >= 15 is 0 Å². The molecule has 2 heterocycles. The molecule has 0 spiro atoms. The summed E-state index contributed by atoms with van der Waals surface area (Å²) >= 11 is 1.48. The molecule has 0 aliphatic carbocycles. The molecular weight excluding hydrogens is 386 g/mol. The van der Waals surface area contributed by atoms with Gasteiger partial charge in [-0.1, -0.05) is 0 Å². The Morgan fingerprint density at radius 1 is 1.44 bits per heavy atom. The number of carboxylic acids is 1. The van der Waals surface area contributed by atoms with Crippen LogP contribution in [0.5, 0.6) is 5.75 Å². The zero-order valence-corrected chi connectivity index (χ0v) is 17.1. The number of aliphatic carboxylic acids is 1. The Labute approximate surface area is 165 Å². The van der Waals surface area contributed by atoms with E-state index in [1.54, 1.807) is 14.0 Å². The predicted molar refractivity (Wildman–Crippen MR) is 104 cm³/mol. The van der Waals surface area contributed by atoms with Gasteiger partial charge < -0.3 is 24.6 Å². The molecule has 0 radical (unpaired) electrons. The second-order valence-corrected chi connectivity index (χ2v) is 10.0. The number of rotatable bonds is 8. The number of carbonyl (C=O) groups excluding carboxylic acids is 2. The van der Waals surface area contributed by atoms with Crippen LogP contribution in [-0.2, 0) is 20.5 Å². The molecule has 3 unspecified atom stereocenters. The molecule has 2 aliphatic rings. The molecule has 0 saturated carbocycles. The summed E-state index contributed by atoms with van der Waals surface area (Å²) in [6, 6.07) is 7.71. The molecule has 4 atom stereocenters. The molecule has 8 heteroatoms. The van der Waals surface area contributed by atoms with Crippen molar-refractivity contribution in [3.8, 4) is 5.75 Å². The summed E-state index contributed by atoms with van der Waals surface area (Å²) in [5.41, 5.74) is -0.00710. The number of aliphatic hydroxyl groups excluding tert-OH is 1. The molecular formula is C19H23NO5S2. The Bertz CT molecular complexity index is 762. The van der Waals surface area contributed by atoms with E-state index in [1.807, 2.05) is 24.3 Å². The van der Waals surface area contributed by atoms with E-state index < -0.39 is 18.0 Å². The number of aliphatic hydroxyl groups is 1. The van der Waals surface area contributed by atoms with Crippen LogP contribution in [0.25, 0.3) is 0 Å². The fraction of sp³-hybridized carbons (Fsp3) is 0.474. The number of nitrogens with zero attached hydrogens (tertiary/aromatic N) is 1. The van der Waals surface area contributed by atoms with E-state index in [2.05, 4.69) is 6.26 Å². The molecule has 2 aliphatic heterocycles. The topological polar surface area (TPSA) is 89.9 Å². The number of amides is 1. The third-order valence-electron chi connectivity index (χ3n) is 5.01. The molecule has 3 rings (SSSR count). The molecule has 1 N–H and O–H groups in total. The lowest BCUT2D eigenvalue weighted by atomic mass is 9.83. The highest BCUT2D eigenvalue weighted by Gasteiger charge is 2.55. The lowest BCUT2D eigenvalue weighted by Gasteiger charge is -2.45. The lowest BCUT2D eigenvalue weighted by Crippen LogP contribution is -2.62. The molecule has 1 saturated heterocycles. The maximum absolute atomic E-state index is 12.2. The van der Waals surface area contributed by atoms with Crippen LogP contribution < -0.4 is 9.84 Å². The summed E-state index contributed by atoms with van der Waals surface area (Å²) < 4.78 is 5.17. The SMILES string of the molecule is COc1ccc([S+](C)CCSC2=C(C(=O)[O-])N3C(=O)C([C@@H](C)O)C3C2)cc1. The second-order valence-electron chi connectivity index (χ2n) is 6.67. The van der Waals surface area contributed by atoms with E-state index in [-0.39, 0.29) is 28.5 Å². The first-order chi connectivity index (χ1) is 12.8. The third-order valence-corrected chi connectivity index (χ3v) is 8.28. The first kappa shape index (κ1) is 20.1. The van der Waals surface area contributed by atoms with E-state index in [9.17, 15) is 19.8 Å². The zero-order chi connectivity index (χ0) is 19.7. The number of hydrogen-bond acceptors (Lipinski definition) is 6. The van der Waals surface area contributed by atoms with Crippen molar-refractivity contribution in [1.82, 2.24) is 4.90 Å². The van der Waals surface area contributed by atoms with Crippen molar-refractivity contribution >= 4 is 34.5 Å². The van der Waals surface area contributed by atoms with E-state index in [4.69, 9.17) is 4.74 Å². The van der Waals surface area contributed by atoms with Crippen molar-refractivity contribution in [2.45, 2.75) is 30.4 Å².